The molecule has 6 heteroatoms. The predicted octanol–water partition coefficient (Wildman–Crippen LogP) is 1.78. The van der Waals surface area contributed by atoms with Crippen LogP contribution in [0.15, 0.2) is 18.2 Å². The van der Waals surface area contributed by atoms with Gasteiger partial charge in [0, 0.05) is 6.54 Å². The van der Waals surface area contributed by atoms with Crippen molar-refractivity contribution in [3.05, 3.63) is 23.8 Å². The summed E-state index contributed by atoms with van der Waals surface area (Å²) in [5.74, 6) is 0.418. The van der Waals surface area contributed by atoms with Crippen LogP contribution in [0.2, 0.25) is 0 Å². The number of carboxylic acid groups (broad SMARTS) is 1. The first-order valence-electron chi connectivity index (χ1n) is 6.40. The Morgan fingerprint density at radius 2 is 2.25 bits per heavy atom. The van der Waals surface area contributed by atoms with E-state index in [1.54, 1.807) is 12.1 Å². The fourth-order valence-corrected chi connectivity index (χ4v) is 2.16. The monoisotopic (exact) mass is 276 g/mol. The highest BCUT2D eigenvalue weighted by molar-refractivity contribution is 5.66. The Kier molecular flexibility index (Phi) is 4.43. The molecule has 1 aliphatic rings. The van der Waals surface area contributed by atoms with E-state index in [0.717, 1.165) is 5.56 Å². The maximum Gasteiger partial charge on any atom is 0.304 e. The molecule has 1 atom stereocenters. The third kappa shape index (κ3) is 3.00. The van der Waals surface area contributed by atoms with Crippen LogP contribution in [0.4, 0.5) is 0 Å². The number of benzene rings is 1. The summed E-state index contributed by atoms with van der Waals surface area (Å²) in [6, 6.07) is 7.09. The lowest BCUT2D eigenvalue weighted by atomic mass is 10.1. The second-order valence-electron chi connectivity index (χ2n) is 4.42. The Balaban J connectivity index is 2.18. The van der Waals surface area contributed by atoms with Crippen LogP contribution in [-0.2, 0) is 4.79 Å². The molecule has 0 saturated heterocycles. The highest BCUT2D eigenvalue weighted by Crippen LogP contribution is 2.35. The zero-order chi connectivity index (χ0) is 14.5. The first kappa shape index (κ1) is 14.2. The molecule has 0 spiro atoms. The highest BCUT2D eigenvalue weighted by Gasteiger charge is 2.22. The maximum absolute atomic E-state index is 10.7. The minimum Gasteiger partial charge on any atom is -0.481 e. The summed E-state index contributed by atoms with van der Waals surface area (Å²) in [7, 11) is 0. The van der Waals surface area contributed by atoms with Gasteiger partial charge in [0.05, 0.1) is 12.5 Å². The molecule has 0 fully saturated rings. The zero-order valence-electron chi connectivity index (χ0n) is 11.2. The van der Waals surface area contributed by atoms with Crippen molar-refractivity contribution in [2.75, 3.05) is 19.9 Å². The van der Waals surface area contributed by atoms with Gasteiger partial charge in [0.15, 0.2) is 11.5 Å². The maximum atomic E-state index is 10.7. The second-order valence-corrected chi connectivity index (χ2v) is 4.42. The topological polar surface area (TPSA) is 82.8 Å². The first-order chi connectivity index (χ1) is 9.65. The van der Waals surface area contributed by atoms with Crippen LogP contribution < -0.4 is 9.47 Å². The Hall–Kier alpha value is -2.26. The van der Waals surface area contributed by atoms with Crippen LogP contribution in [0.1, 0.15) is 24.9 Å². The smallest absolute Gasteiger partial charge is 0.304 e. The van der Waals surface area contributed by atoms with Crippen molar-refractivity contribution in [2.45, 2.75) is 19.4 Å². The number of hydrogen-bond acceptors (Lipinski definition) is 5. The second kappa shape index (κ2) is 6.26. The Labute approximate surface area is 117 Å². The van der Waals surface area contributed by atoms with E-state index >= 15 is 0 Å². The summed E-state index contributed by atoms with van der Waals surface area (Å²) in [6.07, 6.45) is 0.0105. The van der Waals surface area contributed by atoms with Gasteiger partial charge in [0.2, 0.25) is 6.79 Å². The van der Waals surface area contributed by atoms with Gasteiger partial charge in [-0.05, 0) is 24.2 Å². The molecule has 0 aromatic heterocycles. The van der Waals surface area contributed by atoms with Crippen LogP contribution in [0.25, 0.3) is 0 Å². The van der Waals surface area contributed by atoms with Gasteiger partial charge >= 0.3 is 5.97 Å². The molecule has 1 aromatic rings. The third-order valence-electron chi connectivity index (χ3n) is 3.22. The largest absolute Gasteiger partial charge is 0.481 e. The summed E-state index contributed by atoms with van der Waals surface area (Å²) in [6.45, 7) is 3.02. The predicted molar refractivity (Wildman–Crippen MR) is 70.4 cm³/mol. The molecule has 1 N–H and O–H groups in total. The fourth-order valence-electron chi connectivity index (χ4n) is 2.16. The molecule has 1 unspecified atom stereocenters. The van der Waals surface area contributed by atoms with E-state index < -0.39 is 12.0 Å². The third-order valence-corrected chi connectivity index (χ3v) is 3.22. The Morgan fingerprint density at radius 3 is 2.90 bits per heavy atom. The molecular formula is C14H16N2O4. The molecule has 1 aliphatic heterocycles. The van der Waals surface area contributed by atoms with Gasteiger partial charge in [0.25, 0.3) is 0 Å². The van der Waals surface area contributed by atoms with Gasteiger partial charge in [-0.3, -0.25) is 9.69 Å². The zero-order valence-corrected chi connectivity index (χ0v) is 11.2. The lowest BCUT2D eigenvalue weighted by Gasteiger charge is -2.25. The number of carboxylic acids is 1. The van der Waals surface area contributed by atoms with E-state index in [1.807, 2.05) is 17.9 Å². The van der Waals surface area contributed by atoms with Gasteiger partial charge in [-0.15, -0.1) is 0 Å². The van der Waals surface area contributed by atoms with Crippen LogP contribution in [-0.4, -0.2) is 35.9 Å². The van der Waals surface area contributed by atoms with Crippen molar-refractivity contribution in [1.29, 1.82) is 5.26 Å². The van der Waals surface area contributed by atoms with E-state index in [4.69, 9.17) is 14.6 Å². The molecule has 20 heavy (non-hydrogen) atoms. The molecule has 2 rings (SSSR count). The number of fused-ring (bicyclic) bond motifs is 1. The number of nitriles is 1. The summed E-state index contributed by atoms with van der Waals surface area (Å²) >= 11 is 0. The molecule has 1 aromatic carbocycles. The van der Waals surface area contributed by atoms with E-state index in [0.29, 0.717) is 24.6 Å². The average Bonchev–Trinajstić information content (AvgIpc) is 2.90. The van der Waals surface area contributed by atoms with Crippen molar-refractivity contribution in [2.24, 2.45) is 0 Å². The molecule has 6 nitrogen and oxygen atoms in total. The lowest BCUT2D eigenvalue weighted by molar-refractivity contribution is -0.137. The normalized spacial score (nSPS) is 14.1. The van der Waals surface area contributed by atoms with Gasteiger partial charge in [-0.25, -0.2) is 0 Å². The van der Waals surface area contributed by atoms with Gasteiger partial charge in [-0.2, -0.15) is 5.26 Å². The average molecular weight is 276 g/mol. The van der Waals surface area contributed by atoms with E-state index in [1.165, 1.54) is 0 Å². The summed E-state index contributed by atoms with van der Waals surface area (Å²) in [5, 5.41) is 18.1. The van der Waals surface area contributed by atoms with E-state index in [9.17, 15) is 10.1 Å². The van der Waals surface area contributed by atoms with Crippen LogP contribution in [0.5, 0.6) is 11.5 Å². The molecule has 0 aliphatic carbocycles. The summed E-state index contributed by atoms with van der Waals surface area (Å²) < 4.78 is 10.5. The Morgan fingerprint density at radius 1 is 1.50 bits per heavy atom. The van der Waals surface area contributed by atoms with Crippen LogP contribution in [0.3, 0.4) is 0 Å². The van der Waals surface area contributed by atoms with Crippen molar-refractivity contribution >= 4 is 5.97 Å². The lowest BCUT2D eigenvalue weighted by Crippen LogP contribution is -2.30. The number of rotatable bonds is 6. The van der Waals surface area contributed by atoms with Gasteiger partial charge in [0.1, 0.15) is 6.04 Å². The highest BCUT2D eigenvalue weighted by atomic mass is 16.7. The fraction of sp³-hybridized carbons (Fsp3) is 0.429. The molecule has 106 valence electrons. The quantitative estimate of drug-likeness (QED) is 0.852. The van der Waals surface area contributed by atoms with Crippen molar-refractivity contribution in [3.63, 3.8) is 0 Å². The van der Waals surface area contributed by atoms with Gasteiger partial charge in [-0.1, -0.05) is 13.0 Å². The van der Waals surface area contributed by atoms with Crippen molar-refractivity contribution < 1.29 is 19.4 Å². The number of carbonyl (C=O) groups is 1. The minimum absolute atomic E-state index is 0.0105. The molecule has 0 amide bonds. The summed E-state index contributed by atoms with van der Waals surface area (Å²) in [5.41, 5.74) is 0.781. The number of hydrogen-bond donors (Lipinski definition) is 1. The van der Waals surface area contributed by atoms with Crippen molar-refractivity contribution in [1.82, 2.24) is 4.90 Å². The minimum atomic E-state index is -0.870. The number of ether oxygens (including phenoxy) is 2. The standard InChI is InChI=1S/C14H16N2O4/c1-2-16(6-5-14(17)18)11(8-15)10-3-4-12-13(7-10)20-9-19-12/h3-4,7,11H,2,5-6,9H2,1H3,(H,17,18). The number of nitrogens with zero attached hydrogens (tertiary/aromatic N) is 2. The molecule has 0 saturated carbocycles. The van der Waals surface area contributed by atoms with E-state index in [-0.39, 0.29) is 13.2 Å². The van der Waals surface area contributed by atoms with Crippen molar-refractivity contribution in [3.8, 4) is 17.6 Å². The number of aliphatic carboxylic acids is 1. The summed E-state index contributed by atoms with van der Waals surface area (Å²) in [4.78, 5) is 12.5. The van der Waals surface area contributed by atoms with E-state index in [2.05, 4.69) is 6.07 Å². The van der Waals surface area contributed by atoms with Crippen LogP contribution >= 0.6 is 0 Å². The molecule has 0 radical (unpaired) electrons. The Bertz CT molecular complexity index is 538. The first-order valence-corrected chi connectivity index (χ1v) is 6.40. The van der Waals surface area contributed by atoms with Crippen LogP contribution in [0, 0.1) is 11.3 Å². The SMILES string of the molecule is CCN(CCC(=O)O)C(C#N)c1ccc2c(c1)OCO2. The van der Waals surface area contributed by atoms with Gasteiger partial charge < -0.3 is 14.6 Å². The molecule has 1 heterocycles. The molecule has 0 bridgehead atoms. The molecular weight excluding hydrogens is 260 g/mol.